The highest BCUT2D eigenvalue weighted by Gasteiger charge is 2.37. The van der Waals surface area contributed by atoms with Crippen LogP contribution in [0.2, 0.25) is 5.02 Å². The number of aromatic nitrogens is 1. The zero-order valence-corrected chi connectivity index (χ0v) is 16.6. The van der Waals surface area contributed by atoms with Crippen molar-refractivity contribution in [3.63, 3.8) is 0 Å². The summed E-state index contributed by atoms with van der Waals surface area (Å²) in [6, 6.07) is 5.58. The number of halogens is 5. The standard InChI is InChI=1S/C21H12ClF4N3O3/c22-13-2-1-11(6-14(13)25)28-17(30)8-29-16-5-9(23)4-15(26)18(16)12-3-10(24)7-27-19(12)20(31)21(29)32/h1-7,20,31H,8H2,(H,28,30). The van der Waals surface area contributed by atoms with Crippen molar-refractivity contribution in [3.8, 4) is 11.1 Å². The maximum Gasteiger partial charge on any atom is 0.262 e. The van der Waals surface area contributed by atoms with Crippen molar-refractivity contribution >= 4 is 34.8 Å². The van der Waals surface area contributed by atoms with Crippen molar-refractivity contribution in [1.82, 2.24) is 4.98 Å². The average Bonchev–Trinajstić information content (AvgIpc) is 2.80. The second-order valence-corrected chi connectivity index (χ2v) is 7.28. The van der Waals surface area contributed by atoms with Crippen molar-refractivity contribution in [2.75, 3.05) is 16.8 Å². The molecule has 1 unspecified atom stereocenters. The Hall–Kier alpha value is -3.50. The summed E-state index contributed by atoms with van der Waals surface area (Å²) in [6.07, 6.45) is -1.25. The fourth-order valence-electron chi connectivity index (χ4n) is 3.37. The number of nitrogens with one attached hydrogen (secondary N) is 1. The number of fused-ring (bicyclic) bond motifs is 3. The van der Waals surface area contributed by atoms with E-state index in [0.29, 0.717) is 11.0 Å². The molecule has 1 aliphatic heterocycles. The van der Waals surface area contributed by atoms with E-state index in [1.165, 1.54) is 12.1 Å². The van der Waals surface area contributed by atoms with Gasteiger partial charge in [-0.25, -0.2) is 17.6 Å². The lowest BCUT2D eigenvalue weighted by Gasteiger charge is -2.24. The monoisotopic (exact) mass is 465 g/mol. The Morgan fingerprint density at radius 3 is 2.56 bits per heavy atom. The molecule has 3 aromatic rings. The van der Waals surface area contributed by atoms with E-state index >= 15 is 0 Å². The summed E-state index contributed by atoms with van der Waals surface area (Å²) >= 11 is 5.60. The number of nitrogens with zero attached hydrogens (tertiary/aromatic N) is 2. The topological polar surface area (TPSA) is 82.5 Å². The molecule has 0 saturated heterocycles. The van der Waals surface area contributed by atoms with Gasteiger partial charge in [-0.1, -0.05) is 11.6 Å². The summed E-state index contributed by atoms with van der Waals surface area (Å²) in [4.78, 5) is 29.8. The molecule has 0 aliphatic carbocycles. The van der Waals surface area contributed by atoms with Crippen LogP contribution in [0.1, 0.15) is 11.8 Å². The van der Waals surface area contributed by atoms with Crippen LogP contribution >= 0.6 is 11.6 Å². The van der Waals surface area contributed by atoms with E-state index in [1.54, 1.807) is 0 Å². The Balaban J connectivity index is 1.77. The van der Waals surface area contributed by atoms with Crippen LogP contribution in [0.3, 0.4) is 0 Å². The van der Waals surface area contributed by atoms with Gasteiger partial charge in [0.15, 0.2) is 6.10 Å². The molecule has 0 spiro atoms. The molecular weight excluding hydrogens is 454 g/mol. The summed E-state index contributed by atoms with van der Waals surface area (Å²) in [6.45, 7) is -0.799. The molecule has 2 aromatic carbocycles. The number of benzene rings is 2. The van der Waals surface area contributed by atoms with Gasteiger partial charge in [-0.05, 0) is 30.3 Å². The highest BCUT2D eigenvalue weighted by Crippen LogP contribution is 2.41. The maximum absolute atomic E-state index is 14.8. The van der Waals surface area contributed by atoms with Gasteiger partial charge in [0.25, 0.3) is 5.91 Å². The fraction of sp³-hybridized carbons (Fsp3) is 0.0952. The summed E-state index contributed by atoms with van der Waals surface area (Å²) in [5.41, 5.74) is -1.43. The minimum absolute atomic E-state index is 0.0115. The summed E-state index contributed by atoms with van der Waals surface area (Å²) in [5, 5.41) is 12.6. The van der Waals surface area contributed by atoms with E-state index in [-0.39, 0.29) is 22.0 Å². The highest BCUT2D eigenvalue weighted by molar-refractivity contribution is 6.30. The summed E-state index contributed by atoms with van der Waals surface area (Å²) < 4.78 is 56.2. The zero-order valence-electron chi connectivity index (χ0n) is 15.9. The van der Waals surface area contributed by atoms with Crippen molar-refractivity contribution < 1.29 is 32.3 Å². The minimum atomic E-state index is -1.98. The molecule has 2 heterocycles. The molecule has 32 heavy (non-hydrogen) atoms. The first-order valence-corrected chi connectivity index (χ1v) is 9.42. The van der Waals surface area contributed by atoms with Gasteiger partial charge in [0, 0.05) is 22.9 Å². The molecule has 164 valence electrons. The second-order valence-electron chi connectivity index (χ2n) is 6.87. The largest absolute Gasteiger partial charge is 0.377 e. The van der Waals surface area contributed by atoms with Crippen molar-refractivity contribution in [2.45, 2.75) is 6.10 Å². The van der Waals surface area contributed by atoms with Crippen molar-refractivity contribution in [3.05, 3.63) is 76.6 Å². The number of hydrogen-bond acceptors (Lipinski definition) is 4. The lowest BCUT2D eigenvalue weighted by Crippen LogP contribution is -2.40. The first-order valence-electron chi connectivity index (χ1n) is 9.05. The van der Waals surface area contributed by atoms with Gasteiger partial charge in [0.1, 0.15) is 29.8 Å². The molecule has 0 radical (unpaired) electrons. The quantitative estimate of drug-likeness (QED) is 0.573. The van der Waals surface area contributed by atoms with Crippen LogP contribution in [-0.2, 0) is 9.59 Å². The Morgan fingerprint density at radius 2 is 1.84 bits per heavy atom. The van der Waals surface area contributed by atoms with Gasteiger partial charge in [-0.3, -0.25) is 19.5 Å². The number of carbonyl (C=O) groups is 2. The smallest absolute Gasteiger partial charge is 0.262 e. The van der Waals surface area contributed by atoms with Gasteiger partial charge in [-0.15, -0.1) is 0 Å². The highest BCUT2D eigenvalue weighted by atomic mass is 35.5. The molecular formula is C21H12ClF4N3O3. The molecule has 6 nitrogen and oxygen atoms in total. The maximum atomic E-state index is 14.8. The van der Waals surface area contributed by atoms with E-state index < -0.39 is 59.0 Å². The number of anilines is 2. The SMILES string of the molecule is O=C(CN1C(=O)C(O)c2ncc(F)cc2-c2c(F)cc(F)cc21)Nc1ccc(Cl)c(F)c1. The number of rotatable bonds is 3. The van der Waals surface area contributed by atoms with E-state index in [4.69, 9.17) is 11.6 Å². The normalized spacial score (nSPS) is 15.1. The van der Waals surface area contributed by atoms with Crippen LogP contribution in [0.15, 0.2) is 42.6 Å². The third-order valence-electron chi connectivity index (χ3n) is 4.74. The van der Waals surface area contributed by atoms with E-state index in [2.05, 4.69) is 10.3 Å². The van der Waals surface area contributed by atoms with Crippen LogP contribution in [0, 0.1) is 23.3 Å². The van der Waals surface area contributed by atoms with Gasteiger partial charge in [-0.2, -0.15) is 0 Å². The molecule has 2 amide bonds. The third-order valence-corrected chi connectivity index (χ3v) is 5.05. The van der Waals surface area contributed by atoms with Crippen molar-refractivity contribution in [2.24, 2.45) is 0 Å². The Bertz CT molecular complexity index is 1270. The van der Waals surface area contributed by atoms with Gasteiger partial charge in [0.2, 0.25) is 5.91 Å². The first-order chi connectivity index (χ1) is 15.2. The molecule has 11 heteroatoms. The van der Waals surface area contributed by atoms with E-state index in [0.717, 1.165) is 24.4 Å². The minimum Gasteiger partial charge on any atom is -0.377 e. The van der Waals surface area contributed by atoms with Crippen LogP contribution < -0.4 is 10.2 Å². The number of pyridine rings is 1. The predicted octanol–water partition coefficient (Wildman–Crippen LogP) is 3.98. The molecule has 1 aliphatic rings. The molecule has 0 saturated carbocycles. The zero-order chi connectivity index (χ0) is 23.2. The second kappa shape index (κ2) is 8.21. The number of hydrogen-bond donors (Lipinski definition) is 2. The van der Waals surface area contributed by atoms with Crippen LogP contribution in [0.25, 0.3) is 11.1 Å². The molecule has 1 atom stereocenters. The molecule has 0 bridgehead atoms. The number of amides is 2. The number of carbonyl (C=O) groups excluding carboxylic acids is 2. The Kier molecular flexibility index (Phi) is 5.57. The Labute approximate surface area is 183 Å². The van der Waals surface area contributed by atoms with Crippen LogP contribution in [-0.4, -0.2) is 28.4 Å². The lowest BCUT2D eigenvalue weighted by molar-refractivity contribution is -0.128. The van der Waals surface area contributed by atoms with Crippen LogP contribution in [0.4, 0.5) is 28.9 Å². The van der Waals surface area contributed by atoms with Crippen molar-refractivity contribution in [1.29, 1.82) is 0 Å². The number of aliphatic hydroxyl groups is 1. The van der Waals surface area contributed by atoms with Gasteiger partial charge < -0.3 is 10.4 Å². The average molecular weight is 466 g/mol. The number of aliphatic hydroxyl groups excluding tert-OH is 1. The molecule has 1 aromatic heterocycles. The molecule has 2 N–H and O–H groups in total. The summed E-state index contributed by atoms with van der Waals surface area (Å²) in [5.74, 6) is -5.89. The van der Waals surface area contributed by atoms with Crippen LogP contribution in [0.5, 0.6) is 0 Å². The molecule has 0 fully saturated rings. The fourth-order valence-corrected chi connectivity index (χ4v) is 3.49. The summed E-state index contributed by atoms with van der Waals surface area (Å²) in [7, 11) is 0. The first kappa shape index (κ1) is 21.7. The third kappa shape index (κ3) is 3.90. The molecule has 4 rings (SSSR count). The van der Waals surface area contributed by atoms with E-state index in [9.17, 15) is 32.3 Å². The lowest BCUT2D eigenvalue weighted by atomic mass is 10.00. The van der Waals surface area contributed by atoms with E-state index in [1.807, 2.05) is 0 Å². The predicted molar refractivity (Wildman–Crippen MR) is 107 cm³/mol. The van der Waals surface area contributed by atoms with Gasteiger partial charge >= 0.3 is 0 Å². The Morgan fingerprint density at radius 1 is 1.09 bits per heavy atom. The van der Waals surface area contributed by atoms with Gasteiger partial charge in [0.05, 0.1) is 22.6 Å².